The third-order valence-electron chi connectivity index (χ3n) is 5.39. The van der Waals surface area contributed by atoms with Gasteiger partial charge in [0.05, 0.1) is 6.04 Å². The van der Waals surface area contributed by atoms with Crippen molar-refractivity contribution in [1.82, 2.24) is 9.88 Å². The second-order valence-corrected chi connectivity index (χ2v) is 8.01. The molecule has 1 aromatic carbocycles. The first-order chi connectivity index (χ1) is 11.8. The van der Waals surface area contributed by atoms with Crippen molar-refractivity contribution >= 4 is 17.7 Å². The Hall–Kier alpha value is -1.68. The molecule has 1 unspecified atom stereocenters. The lowest BCUT2D eigenvalue weighted by atomic mass is 9.85. The lowest BCUT2D eigenvalue weighted by Gasteiger charge is -2.31. The van der Waals surface area contributed by atoms with E-state index in [9.17, 15) is 4.79 Å². The van der Waals surface area contributed by atoms with Gasteiger partial charge in [0.25, 0.3) is 0 Å². The Kier molecular flexibility index (Phi) is 4.65. The van der Waals surface area contributed by atoms with Crippen LogP contribution in [0.5, 0.6) is 0 Å². The summed E-state index contributed by atoms with van der Waals surface area (Å²) < 4.78 is 2.29. The van der Waals surface area contributed by atoms with Crippen LogP contribution in [-0.4, -0.2) is 16.2 Å². The van der Waals surface area contributed by atoms with Crippen molar-refractivity contribution in [3.63, 3.8) is 0 Å². The fourth-order valence-corrected chi connectivity index (χ4v) is 5.13. The molecule has 1 atom stereocenters. The highest BCUT2D eigenvalue weighted by molar-refractivity contribution is 7.99. The van der Waals surface area contributed by atoms with Gasteiger partial charge in [0.1, 0.15) is 0 Å². The molecular formula is C20H24N2OS. The summed E-state index contributed by atoms with van der Waals surface area (Å²) in [7, 11) is 0. The SMILES string of the molecule is O=C(NC1CCSc2ccccc21)C1CCC(n2cccc2)CC1. The normalized spacial score (nSPS) is 26.6. The number of benzene rings is 1. The highest BCUT2D eigenvalue weighted by Gasteiger charge is 2.29. The zero-order valence-corrected chi connectivity index (χ0v) is 14.7. The molecule has 1 aliphatic carbocycles. The van der Waals surface area contributed by atoms with Crippen molar-refractivity contribution in [3.05, 3.63) is 54.4 Å². The molecule has 0 bridgehead atoms. The number of carbonyl (C=O) groups excluding carboxylic acids is 1. The van der Waals surface area contributed by atoms with E-state index in [0.717, 1.165) is 37.9 Å². The zero-order chi connectivity index (χ0) is 16.4. The number of nitrogens with zero attached hydrogens (tertiary/aromatic N) is 1. The van der Waals surface area contributed by atoms with Crippen molar-refractivity contribution in [2.24, 2.45) is 5.92 Å². The van der Waals surface area contributed by atoms with Crippen LogP contribution >= 0.6 is 11.8 Å². The number of rotatable bonds is 3. The molecule has 0 spiro atoms. The molecule has 1 amide bonds. The van der Waals surface area contributed by atoms with Gasteiger partial charge in [-0.05, 0) is 55.9 Å². The highest BCUT2D eigenvalue weighted by atomic mass is 32.2. The van der Waals surface area contributed by atoms with E-state index < -0.39 is 0 Å². The Morgan fingerprint density at radius 3 is 2.54 bits per heavy atom. The third-order valence-corrected chi connectivity index (χ3v) is 6.51. The summed E-state index contributed by atoms with van der Waals surface area (Å²) in [5, 5.41) is 3.34. The van der Waals surface area contributed by atoms with Gasteiger partial charge in [-0.25, -0.2) is 0 Å². The second kappa shape index (κ2) is 7.06. The fraction of sp³-hybridized carbons (Fsp3) is 0.450. The molecular weight excluding hydrogens is 316 g/mol. The quantitative estimate of drug-likeness (QED) is 0.888. The van der Waals surface area contributed by atoms with Crippen LogP contribution in [0.4, 0.5) is 0 Å². The van der Waals surface area contributed by atoms with Gasteiger partial charge in [-0.15, -0.1) is 11.8 Å². The van der Waals surface area contributed by atoms with E-state index in [2.05, 4.69) is 58.7 Å². The van der Waals surface area contributed by atoms with Crippen molar-refractivity contribution in [2.45, 2.75) is 49.1 Å². The first kappa shape index (κ1) is 15.8. The Morgan fingerprint density at radius 2 is 1.75 bits per heavy atom. The Labute approximate surface area is 147 Å². The summed E-state index contributed by atoms with van der Waals surface area (Å²) in [6, 6.07) is 13.4. The molecule has 4 heteroatoms. The Morgan fingerprint density at radius 1 is 1.00 bits per heavy atom. The monoisotopic (exact) mass is 340 g/mol. The number of fused-ring (bicyclic) bond motifs is 1. The topological polar surface area (TPSA) is 34.0 Å². The molecule has 1 N–H and O–H groups in total. The van der Waals surface area contributed by atoms with E-state index in [4.69, 9.17) is 0 Å². The van der Waals surface area contributed by atoms with Crippen LogP contribution in [0.2, 0.25) is 0 Å². The standard InChI is InChI=1S/C20H24N2OS/c23-20(15-7-9-16(10-8-15)22-12-3-4-13-22)21-18-11-14-24-19-6-2-1-5-17(18)19/h1-6,12-13,15-16,18H,7-11,14H2,(H,21,23). The highest BCUT2D eigenvalue weighted by Crippen LogP contribution is 2.37. The van der Waals surface area contributed by atoms with Crippen LogP contribution < -0.4 is 5.32 Å². The maximum absolute atomic E-state index is 12.7. The Bertz CT molecular complexity index is 689. The smallest absolute Gasteiger partial charge is 0.223 e. The van der Waals surface area contributed by atoms with Gasteiger partial charge < -0.3 is 9.88 Å². The summed E-state index contributed by atoms with van der Waals surface area (Å²) in [5.41, 5.74) is 1.29. The zero-order valence-electron chi connectivity index (χ0n) is 13.9. The predicted molar refractivity (Wildman–Crippen MR) is 98.1 cm³/mol. The van der Waals surface area contributed by atoms with Gasteiger partial charge in [-0.2, -0.15) is 0 Å². The molecule has 1 aliphatic heterocycles. The summed E-state index contributed by atoms with van der Waals surface area (Å²) in [6.07, 6.45) is 9.51. The van der Waals surface area contributed by atoms with Gasteiger partial charge in [0.2, 0.25) is 5.91 Å². The van der Waals surface area contributed by atoms with Crippen LogP contribution in [0.1, 0.15) is 49.8 Å². The number of carbonyl (C=O) groups is 1. The van der Waals surface area contributed by atoms with E-state index in [1.165, 1.54) is 10.5 Å². The van der Waals surface area contributed by atoms with Gasteiger partial charge >= 0.3 is 0 Å². The molecule has 1 aromatic heterocycles. The average molecular weight is 340 g/mol. The largest absolute Gasteiger partial charge is 0.351 e. The van der Waals surface area contributed by atoms with E-state index in [1.54, 1.807) is 0 Å². The van der Waals surface area contributed by atoms with Gasteiger partial charge in [-0.3, -0.25) is 4.79 Å². The van der Waals surface area contributed by atoms with E-state index in [1.807, 2.05) is 11.8 Å². The number of amides is 1. The van der Waals surface area contributed by atoms with Crippen molar-refractivity contribution in [1.29, 1.82) is 0 Å². The summed E-state index contributed by atoms with van der Waals surface area (Å²) in [6.45, 7) is 0. The fourth-order valence-electron chi connectivity index (χ4n) is 4.01. The third kappa shape index (κ3) is 3.25. The number of nitrogens with one attached hydrogen (secondary N) is 1. The maximum atomic E-state index is 12.7. The molecule has 126 valence electrons. The van der Waals surface area contributed by atoms with Crippen LogP contribution in [0.25, 0.3) is 0 Å². The maximum Gasteiger partial charge on any atom is 0.223 e. The first-order valence-electron chi connectivity index (χ1n) is 8.96. The first-order valence-corrected chi connectivity index (χ1v) is 9.94. The number of thioether (sulfide) groups is 1. The van der Waals surface area contributed by atoms with Crippen molar-refractivity contribution in [3.8, 4) is 0 Å². The van der Waals surface area contributed by atoms with Crippen LogP contribution in [0.15, 0.2) is 53.7 Å². The Balaban J connectivity index is 1.36. The minimum absolute atomic E-state index is 0.179. The predicted octanol–water partition coefficient (Wildman–Crippen LogP) is 4.57. The van der Waals surface area contributed by atoms with Gasteiger partial charge in [-0.1, -0.05) is 18.2 Å². The van der Waals surface area contributed by atoms with Crippen molar-refractivity contribution in [2.75, 3.05) is 5.75 Å². The van der Waals surface area contributed by atoms with Gasteiger partial charge in [0.15, 0.2) is 0 Å². The number of hydrogen-bond acceptors (Lipinski definition) is 2. The molecule has 0 saturated heterocycles. The van der Waals surface area contributed by atoms with Crippen molar-refractivity contribution < 1.29 is 4.79 Å². The minimum atomic E-state index is 0.179. The number of hydrogen-bond donors (Lipinski definition) is 1. The average Bonchev–Trinajstić information content (AvgIpc) is 3.17. The lowest BCUT2D eigenvalue weighted by molar-refractivity contribution is -0.127. The summed E-state index contributed by atoms with van der Waals surface area (Å²) >= 11 is 1.90. The van der Waals surface area contributed by atoms with Crippen LogP contribution in [0.3, 0.4) is 0 Å². The van der Waals surface area contributed by atoms with E-state index >= 15 is 0 Å². The van der Waals surface area contributed by atoms with Crippen LogP contribution in [-0.2, 0) is 4.79 Å². The van der Waals surface area contributed by atoms with E-state index in [0.29, 0.717) is 6.04 Å². The second-order valence-electron chi connectivity index (χ2n) is 6.87. The molecule has 24 heavy (non-hydrogen) atoms. The molecule has 2 heterocycles. The molecule has 1 fully saturated rings. The molecule has 3 nitrogen and oxygen atoms in total. The van der Waals surface area contributed by atoms with E-state index in [-0.39, 0.29) is 17.9 Å². The number of aromatic nitrogens is 1. The molecule has 4 rings (SSSR count). The molecule has 2 aromatic rings. The van der Waals surface area contributed by atoms with Crippen LogP contribution in [0, 0.1) is 5.92 Å². The summed E-state index contributed by atoms with van der Waals surface area (Å²) in [4.78, 5) is 14.1. The minimum Gasteiger partial charge on any atom is -0.351 e. The molecule has 1 saturated carbocycles. The lowest BCUT2D eigenvalue weighted by Crippen LogP contribution is -2.37. The molecule has 2 aliphatic rings. The summed E-state index contributed by atoms with van der Waals surface area (Å²) in [5.74, 6) is 1.52. The van der Waals surface area contributed by atoms with Gasteiger partial charge in [0, 0.05) is 35.0 Å². The molecule has 0 radical (unpaired) electrons.